The summed E-state index contributed by atoms with van der Waals surface area (Å²) in [6.45, 7) is 6.34. The zero-order valence-corrected chi connectivity index (χ0v) is 14.8. The van der Waals surface area contributed by atoms with Crippen molar-refractivity contribution >= 4 is 27.8 Å². The minimum Gasteiger partial charge on any atom is -0.480 e. The molecule has 0 saturated heterocycles. The second-order valence-electron chi connectivity index (χ2n) is 6.08. The molecule has 120 valence electrons. The highest BCUT2D eigenvalue weighted by molar-refractivity contribution is 9.10. The average Bonchev–Trinajstić information content (AvgIpc) is 2.51. The van der Waals surface area contributed by atoms with E-state index in [1.54, 1.807) is 0 Å². The molecule has 0 saturated carbocycles. The summed E-state index contributed by atoms with van der Waals surface area (Å²) in [6.07, 6.45) is 1.26. The maximum atomic E-state index is 12.8. The highest BCUT2D eigenvalue weighted by atomic mass is 79.9. The van der Waals surface area contributed by atoms with Crippen LogP contribution in [-0.2, 0) is 22.6 Å². The molecule has 0 fully saturated rings. The van der Waals surface area contributed by atoms with E-state index in [-0.39, 0.29) is 17.7 Å². The fraction of sp³-hybridized carbons (Fsp3) is 0.529. The van der Waals surface area contributed by atoms with Gasteiger partial charge in [-0.1, -0.05) is 55.3 Å². The standard InChI is InChI=1S/C17H22BrNO3/c1-4-10(2)11(3)16(20)19-9-12-6-5-7-14(18)13(12)8-15(19)17(21)22/h5-7,10-11,15H,4,8-9H2,1-3H3,(H,21,22). The fourth-order valence-corrected chi connectivity index (χ4v) is 3.46. The molecule has 0 aliphatic carbocycles. The lowest BCUT2D eigenvalue weighted by Crippen LogP contribution is -2.51. The van der Waals surface area contributed by atoms with Crippen molar-refractivity contribution in [1.29, 1.82) is 0 Å². The summed E-state index contributed by atoms with van der Waals surface area (Å²) >= 11 is 3.48. The van der Waals surface area contributed by atoms with E-state index in [4.69, 9.17) is 0 Å². The lowest BCUT2D eigenvalue weighted by atomic mass is 9.88. The van der Waals surface area contributed by atoms with Gasteiger partial charge in [-0.25, -0.2) is 4.79 Å². The van der Waals surface area contributed by atoms with Gasteiger partial charge >= 0.3 is 5.97 Å². The summed E-state index contributed by atoms with van der Waals surface area (Å²) in [6, 6.07) is 5.01. The minimum absolute atomic E-state index is 0.0626. The molecule has 1 aliphatic rings. The fourth-order valence-electron chi connectivity index (χ4n) is 2.89. The molecule has 5 heteroatoms. The molecule has 1 heterocycles. The lowest BCUT2D eigenvalue weighted by Gasteiger charge is -2.37. The summed E-state index contributed by atoms with van der Waals surface area (Å²) < 4.78 is 0.915. The van der Waals surface area contributed by atoms with E-state index in [1.165, 1.54) is 4.90 Å². The highest BCUT2D eigenvalue weighted by Crippen LogP contribution is 2.31. The predicted molar refractivity (Wildman–Crippen MR) is 88.4 cm³/mol. The number of benzene rings is 1. The molecule has 0 bridgehead atoms. The molecular weight excluding hydrogens is 346 g/mol. The molecule has 2 rings (SSSR count). The molecule has 0 radical (unpaired) electrons. The van der Waals surface area contributed by atoms with Gasteiger partial charge in [0.2, 0.25) is 5.91 Å². The van der Waals surface area contributed by atoms with Crippen LogP contribution in [0.5, 0.6) is 0 Å². The van der Waals surface area contributed by atoms with E-state index in [1.807, 2.05) is 39.0 Å². The Kier molecular flexibility index (Phi) is 5.27. The molecule has 1 amide bonds. The van der Waals surface area contributed by atoms with Crippen LogP contribution in [0.2, 0.25) is 0 Å². The van der Waals surface area contributed by atoms with E-state index < -0.39 is 12.0 Å². The number of halogens is 1. The van der Waals surface area contributed by atoms with Crippen LogP contribution in [0, 0.1) is 11.8 Å². The predicted octanol–water partition coefficient (Wildman–Crippen LogP) is 3.47. The Balaban J connectivity index is 2.34. The summed E-state index contributed by atoms with van der Waals surface area (Å²) in [5, 5.41) is 9.54. The van der Waals surface area contributed by atoms with Crippen LogP contribution in [0.25, 0.3) is 0 Å². The number of aliphatic carboxylic acids is 1. The van der Waals surface area contributed by atoms with E-state index in [2.05, 4.69) is 15.9 Å². The Bertz CT molecular complexity index is 587. The first-order valence-electron chi connectivity index (χ1n) is 7.66. The van der Waals surface area contributed by atoms with Crippen LogP contribution >= 0.6 is 15.9 Å². The number of carbonyl (C=O) groups is 2. The number of carboxylic acids is 1. The van der Waals surface area contributed by atoms with Crippen molar-refractivity contribution in [3.8, 4) is 0 Å². The topological polar surface area (TPSA) is 57.6 Å². The van der Waals surface area contributed by atoms with Crippen LogP contribution in [0.3, 0.4) is 0 Å². The van der Waals surface area contributed by atoms with Crippen molar-refractivity contribution in [3.05, 3.63) is 33.8 Å². The molecule has 1 aromatic rings. The first-order valence-corrected chi connectivity index (χ1v) is 8.45. The zero-order valence-electron chi connectivity index (χ0n) is 13.2. The van der Waals surface area contributed by atoms with Crippen molar-refractivity contribution in [3.63, 3.8) is 0 Å². The van der Waals surface area contributed by atoms with Crippen LogP contribution in [0.15, 0.2) is 22.7 Å². The molecule has 4 nitrogen and oxygen atoms in total. The molecule has 0 aromatic heterocycles. The molecule has 1 aromatic carbocycles. The summed E-state index contributed by atoms with van der Waals surface area (Å²) in [4.78, 5) is 25.9. The number of rotatable bonds is 4. The highest BCUT2D eigenvalue weighted by Gasteiger charge is 2.37. The molecule has 0 spiro atoms. The maximum Gasteiger partial charge on any atom is 0.326 e. The summed E-state index contributed by atoms with van der Waals surface area (Å²) in [7, 11) is 0. The monoisotopic (exact) mass is 367 g/mol. The van der Waals surface area contributed by atoms with E-state index in [0.29, 0.717) is 13.0 Å². The number of fused-ring (bicyclic) bond motifs is 1. The molecule has 22 heavy (non-hydrogen) atoms. The SMILES string of the molecule is CCC(C)C(C)C(=O)N1Cc2cccc(Br)c2CC1C(=O)O. The molecule has 1 aliphatic heterocycles. The van der Waals surface area contributed by atoms with Gasteiger partial charge in [-0.05, 0) is 23.1 Å². The van der Waals surface area contributed by atoms with Gasteiger partial charge in [0.15, 0.2) is 0 Å². The largest absolute Gasteiger partial charge is 0.480 e. The van der Waals surface area contributed by atoms with Crippen LogP contribution in [0.4, 0.5) is 0 Å². The maximum absolute atomic E-state index is 12.8. The smallest absolute Gasteiger partial charge is 0.326 e. The number of hydrogen-bond donors (Lipinski definition) is 1. The molecular formula is C17H22BrNO3. The minimum atomic E-state index is -0.939. The van der Waals surface area contributed by atoms with Gasteiger partial charge < -0.3 is 10.0 Å². The molecule has 1 N–H and O–H groups in total. The van der Waals surface area contributed by atoms with Crippen LogP contribution < -0.4 is 0 Å². The number of carbonyl (C=O) groups excluding carboxylic acids is 1. The van der Waals surface area contributed by atoms with Gasteiger partial charge in [-0.15, -0.1) is 0 Å². The first-order chi connectivity index (χ1) is 10.4. The third-order valence-electron chi connectivity index (χ3n) is 4.79. The number of hydrogen-bond acceptors (Lipinski definition) is 2. The summed E-state index contributed by atoms with van der Waals surface area (Å²) in [5.74, 6) is -0.926. The average molecular weight is 368 g/mol. The van der Waals surface area contributed by atoms with Crippen molar-refractivity contribution in [2.75, 3.05) is 0 Å². The van der Waals surface area contributed by atoms with Gasteiger partial charge in [0.25, 0.3) is 0 Å². The second kappa shape index (κ2) is 6.82. The Morgan fingerprint density at radius 3 is 2.68 bits per heavy atom. The van der Waals surface area contributed by atoms with Gasteiger partial charge in [-0.3, -0.25) is 4.79 Å². The Morgan fingerprint density at radius 1 is 1.41 bits per heavy atom. The lowest BCUT2D eigenvalue weighted by molar-refractivity contribution is -0.153. The number of carboxylic acid groups (broad SMARTS) is 1. The van der Waals surface area contributed by atoms with Crippen molar-refractivity contribution in [2.45, 2.75) is 46.2 Å². The molecule has 3 unspecified atom stereocenters. The van der Waals surface area contributed by atoms with E-state index in [0.717, 1.165) is 22.0 Å². The Hall–Kier alpha value is -1.36. The van der Waals surface area contributed by atoms with E-state index >= 15 is 0 Å². The Labute approximate surface area is 139 Å². The van der Waals surface area contributed by atoms with Gasteiger partial charge in [-0.2, -0.15) is 0 Å². The zero-order chi connectivity index (χ0) is 16.4. The first kappa shape index (κ1) is 17.0. The second-order valence-corrected chi connectivity index (χ2v) is 6.93. The van der Waals surface area contributed by atoms with Crippen LogP contribution in [-0.4, -0.2) is 27.9 Å². The van der Waals surface area contributed by atoms with Gasteiger partial charge in [0.05, 0.1) is 0 Å². The normalized spacial score (nSPS) is 20.2. The quantitative estimate of drug-likeness (QED) is 0.886. The van der Waals surface area contributed by atoms with Gasteiger partial charge in [0, 0.05) is 23.4 Å². The number of nitrogens with zero attached hydrogens (tertiary/aromatic N) is 1. The third-order valence-corrected chi connectivity index (χ3v) is 5.53. The van der Waals surface area contributed by atoms with Crippen molar-refractivity contribution in [2.24, 2.45) is 11.8 Å². The Morgan fingerprint density at radius 2 is 2.09 bits per heavy atom. The number of amides is 1. The van der Waals surface area contributed by atoms with Crippen LogP contribution in [0.1, 0.15) is 38.3 Å². The van der Waals surface area contributed by atoms with Crippen molar-refractivity contribution < 1.29 is 14.7 Å². The molecule has 3 atom stereocenters. The van der Waals surface area contributed by atoms with Gasteiger partial charge in [0.1, 0.15) is 6.04 Å². The summed E-state index contributed by atoms with van der Waals surface area (Å²) in [5.41, 5.74) is 2.02. The van der Waals surface area contributed by atoms with E-state index in [9.17, 15) is 14.7 Å². The van der Waals surface area contributed by atoms with Crippen molar-refractivity contribution in [1.82, 2.24) is 4.90 Å². The third kappa shape index (κ3) is 3.19.